The Bertz CT molecular complexity index is 265. The topological polar surface area (TPSA) is 83.8 Å². The van der Waals surface area contributed by atoms with Gasteiger partial charge in [-0.2, -0.15) is 0 Å². The number of hydrogen-bond acceptors (Lipinski definition) is 3. The Hall–Kier alpha value is -0.640. The van der Waals surface area contributed by atoms with Crippen LogP contribution in [0, 0.1) is 0 Å². The number of carbonyl (C=O) groups is 1. The standard InChI is InChI=1S/C8H15O5P/c1-3-4-5-6-7(2)8(9)13-14(10,11)12/h6H,3-5H2,1-2H3,(H2,10,11,12). The van der Waals surface area contributed by atoms with Crippen molar-refractivity contribution in [3.05, 3.63) is 11.6 Å². The summed E-state index contributed by atoms with van der Waals surface area (Å²) in [4.78, 5) is 27.7. The second kappa shape index (κ2) is 5.96. The molecule has 82 valence electrons. The van der Waals surface area contributed by atoms with E-state index in [9.17, 15) is 9.36 Å². The van der Waals surface area contributed by atoms with Gasteiger partial charge in [0.25, 0.3) is 0 Å². The van der Waals surface area contributed by atoms with Gasteiger partial charge in [-0.1, -0.05) is 25.8 Å². The lowest BCUT2D eigenvalue weighted by Crippen LogP contribution is -2.03. The van der Waals surface area contributed by atoms with E-state index in [1.165, 1.54) is 6.92 Å². The molecule has 0 aromatic rings. The van der Waals surface area contributed by atoms with Crippen LogP contribution in [0.4, 0.5) is 0 Å². The summed E-state index contributed by atoms with van der Waals surface area (Å²) in [5, 5.41) is 0. The molecule has 0 fully saturated rings. The molecule has 0 atom stereocenters. The third kappa shape index (κ3) is 6.83. The monoisotopic (exact) mass is 222 g/mol. The fraction of sp³-hybridized carbons (Fsp3) is 0.625. The van der Waals surface area contributed by atoms with E-state index in [4.69, 9.17) is 9.79 Å². The fourth-order valence-corrected chi connectivity index (χ4v) is 1.15. The second-order valence-corrected chi connectivity index (χ2v) is 4.06. The summed E-state index contributed by atoms with van der Waals surface area (Å²) < 4.78 is 14.2. The third-order valence-corrected chi connectivity index (χ3v) is 1.94. The molecule has 0 rings (SSSR count). The summed E-state index contributed by atoms with van der Waals surface area (Å²) >= 11 is 0. The molecule has 0 aliphatic carbocycles. The smallest absolute Gasteiger partial charge is 0.367 e. The van der Waals surface area contributed by atoms with Crippen molar-refractivity contribution in [3.8, 4) is 0 Å². The van der Waals surface area contributed by atoms with Crippen molar-refractivity contribution in [2.24, 2.45) is 0 Å². The van der Waals surface area contributed by atoms with Crippen LogP contribution in [-0.4, -0.2) is 15.8 Å². The highest BCUT2D eigenvalue weighted by atomic mass is 31.2. The van der Waals surface area contributed by atoms with Crippen molar-refractivity contribution >= 4 is 13.8 Å². The van der Waals surface area contributed by atoms with Gasteiger partial charge >= 0.3 is 13.8 Å². The zero-order chi connectivity index (χ0) is 11.2. The Morgan fingerprint density at radius 2 is 2.07 bits per heavy atom. The molecular formula is C8H15O5P. The molecule has 0 spiro atoms. The molecular weight excluding hydrogens is 207 g/mol. The number of phosphoric ester groups is 1. The Balaban J connectivity index is 4.12. The minimum absolute atomic E-state index is 0.224. The Morgan fingerprint density at radius 3 is 2.50 bits per heavy atom. The van der Waals surface area contributed by atoms with Gasteiger partial charge in [-0.25, -0.2) is 9.36 Å². The van der Waals surface area contributed by atoms with Gasteiger partial charge in [-0.3, -0.25) is 9.79 Å². The molecule has 14 heavy (non-hydrogen) atoms. The second-order valence-electron chi connectivity index (χ2n) is 2.90. The number of allylic oxidation sites excluding steroid dienone is 1. The highest BCUT2D eigenvalue weighted by molar-refractivity contribution is 7.46. The van der Waals surface area contributed by atoms with E-state index in [0.717, 1.165) is 12.8 Å². The van der Waals surface area contributed by atoms with E-state index >= 15 is 0 Å². The van der Waals surface area contributed by atoms with Crippen LogP contribution >= 0.6 is 7.82 Å². The highest BCUT2D eigenvalue weighted by Gasteiger charge is 2.20. The van der Waals surface area contributed by atoms with Gasteiger partial charge in [-0.05, 0) is 13.3 Å². The Kier molecular flexibility index (Phi) is 5.69. The Morgan fingerprint density at radius 1 is 1.50 bits per heavy atom. The van der Waals surface area contributed by atoms with E-state index in [1.807, 2.05) is 6.92 Å². The van der Waals surface area contributed by atoms with Gasteiger partial charge in [0.2, 0.25) is 0 Å². The van der Waals surface area contributed by atoms with Crippen LogP contribution in [0.25, 0.3) is 0 Å². The maximum absolute atomic E-state index is 11.0. The molecule has 0 saturated heterocycles. The van der Waals surface area contributed by atoms with Gasteiger partial charge in [0.15, 0.2) is 0 Å². The van der Waals surface area contributed by atoms with E-state index in [2.05, 4.69) is 4.52 Å². The summed E-state index contributed by atoms with van der Waals surface area (Å²) in [6.07, 6.45) is 4.25. The highest BCUT2D eigenvalue weighted by Crippen LogP contribution is 2.36. The van der Waals surface area contributed by atoms with Crippen molar-refractivity contribution < 1.29 is 23.7 Å². The van der Waals surface area contributed by atoms with E-state index in [-0.39, 0.29) is 5.57 Å². The van der Waals surface area contributed by atoms with E-state index in [0.29, 0.717) is 6.42 Å². The quantitative estimate of drug-likeness (QED) is 0.420. The minimum Gasteiger partial charge on any atom is -0.367 e. The lowest BCUT2D eigenvalue weighted by atomic mass is 10.2. The van der Waals surface area contributed by atoms with Crippen molar-refractivity contribution in [1.82, 2.24) is 0 Å². The van der Waals surface area contributed by atoms with E-state index in [1.54, 1.807) is 6.08 Å². The SMILES string of the molecule is CCCCC=C(C)C(=O)OP(=O)(O)O. The van der Waals surface area contributed by atoms with Crippen LogP contribution in [0.15, 0.2) is 11.6 Å². The van der Waals surface area contributed by atoms with Crippen LogP contribution in [0.2, 0.25) is 0 Å². The van der Waals surface area contributed by atoms with Gasteiger partial charge < -0.3 is 4.52 Å². The first-order valence-electron chi connectivity index (χ1n) is 4.33. The largest absolute Gasteiger partial charge is 0.527 e. The molecule has 6 heteroatoms. The zero-order valence-electron chi connectivity index (χ0n) is 8.27. The molecule has 0 aromatic carbocycles. The first kappa shape index (κ1) is 13.4. The fourth-order valence-electron chi connectivity index (χ4n) is 0.786. The van der Waals surface area contributed by atoms with Gasteiger partial charge in [0.1, 0.15) is 0 Å². The van der Waals surface area contributed by atoms with Gasteiger partial charge in [0.05, 0.1) is 0 Å². The zero-order valence-corrected chi connectivity index (χ0v) is 9.16. The van der Waals surface area contributed by atoms with Crippen LogP contribution in [0.1, 0.15) is 33.1 Å². The predicted octanol–water partition coefficient (Wildman–Crippen LogP) is 1.76. The minimum atomic E-state index is -4.71. The third-order valence-electron chi connectivity index (χ3n) is 1.53. The van der Waals surface area contributed by atoms with Crippen LogP contribution in [-0.2, 0) is 13.9 Å². The molecule has 0 radical (unpaired) electrons. The van der Waals surface area contributed by atoms with Crippen LogP contribution in [0.3, 0.4) is 0 Å². The Labute approximate surface area is 83.0 Å². The van der Waals surface area contributed by atoms with Gasteiger partial charge in [-0.15, -0.1) is 0 Å². The first-order valence-corrected chi connectivity index (χ1v) is 5.86. The predicted molar refractivity (Wildman–Crippen MR) is 51.4 cm³/mol. The number of phosphoric acid groups is 1. The number of rotatable bonds is 5. The van der Waals surface area contributed by atoms with Crippen molar-refractivity contribution in [1.29, 1.82) is 0 Å². The summed E-state index contributed by atoms with van der Waals surface area (Å²) in [5.74, 6) is -0.963. The molecule has 0 aliphatic heterocycles. The first-order chi connectivity index (χ1) is 6.37. The number of carbonyl (C=O) groups excluding carboxylic acids is 1. The molecule has 0 aliphatic rings. The molecule has 2 N–H and O–H groups in total. The van der Waals surface area contributed by atoms with Crippen LogP contribution in [0.5, 0.6) is 0 Å². The summed E-state index contributed by atoms with van der Waals surface area (Å²) in [7, 11) is -4.71. The van der Waals surface area contributed by atoms with E-state index < -0.39 is 13.8 Å². The molecule has 0 amide bonds. The number of unbranched alkanes of at least 4 members (excludes halogenated alkanes) is 2. The van der Waals surface area contributed by atoms with Crippen molar-refractivity contribution in [2.75, 3.05) is 0 Å². The van der Waals surface area contributed by atoms with Crippen LogP contribution < -0.4 is 0 Å². The maximum Gasteiger partial charge on any atom is 0.527 e. The molecule has 0 heterocycles. The number of hydrogen-bond donors (Lipinski definition) is 2. The molecule has 0 unspecified atom stereocenters. The average molecular weight is 222 g/mol. The lowest BCUT2D eigenvalue weighted by Gasteiger charge is -2.04. The van der Waals surface area contributed by atoms with Crippen molar-refractivity contribution in [3.63, 3.8) is 0 Å². The normalized spacial score (nSPS) is 12.7. The van der Waals surface area contributed by atoms with Gasteiger partial charge in [0, 0.05) is 5.57 Å². The molecule has 0 aromatic heterocycles. The summed E-state index contributed by atoms with van der Waals surface area (Å²) in [5.41, 5.74) is 0.224. The lowest BCUT2D eigenvalue weighted by molar-refractivity contribution is -0.131. The molecule has 0 bridgehead atoms. The maximum atomic E-state index is 11.0. The summed E-state index contributed by atoms with van der Waals surface area (Å²) in [6.45, 7) is 3.48. The molecule has 0 saturated carbocycles. The summed E-state index contributed by atoms with van der Waals surface area (Å²) in [6, 6.07) is 0. The molecule has 5 nitrogen and oxygen atoms in total. The van der Waals surface area contributed by atoms with Crippen molar-refractivity contribution in [2.45, 2.75) is 33.1 Å². The average Bonchev–Trinajstić information content (AvgIpc) is 2.01.